The van der Waals surface area contributed by atoms with Gasteiger partial charge in [-0.2, -0.15) is 0 Å². The smallest absolute Gasteiger partial charge is 0.350 e. The average molecular weight is 1210 g/mol. The lowest BCUT2D eigenvalue weighted by Crippen LogP contribution is -2.77. The zero-order valence-corrected chi connectivity index (χ0v) is 51.3. The Kier molecular flexibility index (Phi) is 17.1. The van der Waals surface area contributed by atoms with Crippen molar-refractivity contribution in [3.8, 4) is 40.3 Å². The molecule has 1 aromatic heterocycles. The summed E-state index contributed by atoms with van der Waals surface area (Å²) in [5, 5.41) is 77.1. The normalized spacial score (nSPS) is 28.5. The van der Waals surface area contributed by atoms with E-state index in [1.54, 1.807) is 56.0 Å². The molecule has 4 heterocycles. The molecular formula is C65H84N6O16. The number of nitrogens with zero attached hydrogens (tertiary/aromatic N) is 5. The quantitative estimate of drug-likeness (QED) is 0.0418. The van der Waals surface area contributed by atoms with Gasteiger partial charge in [-0.1, -0.05) is 63.1 Å². The van der Waals surface area contributed by atoms with Gasteiger partial charge in [0.2, 0.25) is 12.0 Å². The number of piperidine rings is 2. The van der Waals surface area contributed by atoms with Gasteiger partial charge in [-0.15, -0.1) is 5.10 Å². The molecule has 5 fully saturated rings. The molecule has 1 unspecified atom stereocenters. The van der Waals surface area contributed by atoms with E-state index >= 15 is 4.79 Å². The lowest BCUT2D eigenvalue weighted by atomic mass is 9.46. The topological polar surface area (TPSA) is 316 Å². The summed E-state index contributed by atoms with van der Waals surface area (Å²) in [6.07, 6.45) is -5.87. The van der Waals surface area contributed by atoms with Gasteiger partial charge in [0.05, 0.1) is 46.9 Å². The molecule has 22 nitrogen and oxygen atoms in total. The SMILES string of the molecule is CC(=O)O[C@@]12CO[C@@H]1C[C@H](O)[C@@]1(C)C(=O)[C@H](O)C3=C(C)[C@@H](OC(=O)[C@H](OC(=O)C4CCN(C(=O)C5CCN(Cc6ccc(-n7c(O)nnc7-c7cc(C(C)C)c(O)cc7O)cc6)CC5)CC4)[C@@H](N)c4ccccc4OC(C)(C)C)C[C@@](O)(CC12)C3(C)C. The molecule has 22 heteroatoms. The second kappa shape index (κ2) is 23.5. The fourth-order valence-corrected chi connectivity index (χ4v) is 14.6. The molecule has 87 heavy (non-hydrogen) atoms. The summed E-state index contributed by atoms with van der Waals surface area (Å²) in [5.74, 6) is -4.91. The number of ketones is 1. The summed E-state index contributed by atoms with van der Waals surface area (Å²) in [6, 6.07) is 15.5. The Morgan fingerprint density at radius 2 is 1.52 bits per heavy atom. The van der Waals surface area contributed by atoms with Crippen molar-refractivity contribution >= 4 is 29.6 Å². The maximum atomic E-state index is 15.0. The Labute approximate surface area is 506 Å². The summed E-state index contributed by atoms with van der Waals surface area (Å²) < 4.78 is 32.1. The first-order valence-electron chi connectivity index (χ1n) is 30.3. The summed E-state index contributed by atoms with van der Waals surface area (Å²) in [6.45, 7) is 19.5. The van der Waals surface area contributed by atoms with Crippen LogP contribution in [0.15, 0.2) is 71.8 Å². The third-order valence-electron chi connectivity index (χ3n) is 19.8. The monoisotopic (exact) mass is 1200 g/mol. The molecule has 3 aliphatic carbocycles. The number of para-hydroxylation sites is 1. The van der Waals surface area contributed by atoms with Gasteiger partial charge in [0, 0.05) is 68.3 Å². The van der Waals surface area contributed by atoms with Crippen molar-refractivity contribution in [2.75, 3.05) is 32.8 Å². The molecular weight excluding hydrogens is 1120 g/mol. The summed E-state index contributed by atoms with van der Waals surface area (Å²) in [4.78, 5) is 75.3. The Hall–Kier alpha value is -6.95. The lowest BCUT2D eigenvalue weighted by Gasteiger charge is -2.65. The van der Waals surface area contributed by atoms with Crippen molar-refractivity contribution in [3.63, 3.8) is 0 Å². The minimum absolute atomic E-state index is 0.00561. The van der Waals surface area contributed by atoms with E-state index in [2.05, 4.69) is 15.1 Å². The number of amides is 1. The third kappa shape index (κ3) is 11.5. The first-order valence-corrected chi connectivity index (χ1v) is 30.3. The number of hydrogen-bond donors (Lipinski definition) is 7. The number of benzene rings is 3. The van der Waals surface area contributed by atoms with Gasteiger partial charge in [-0.05, 0) is 132 Å². The second-order valence-corrected chi connectivity index (χ2v) is 27.0. The molecule has 3 aromatic carbocycles. The molecule has 6 aliphatic rings. The Bertz CT molecular complexity index is 3340. The maximum Gasteiger partial charge on any atom is 0.350 e. The van der Waals surface area contributed by atoms with Gasteiger partial charge < -0.3 is 65.0 Å². The highest BCUT2D eigenvalue weighted by atomic mass is 16.6. The first-order chi connectivity index (χ1) is 40.9. The average Bonchev–Trinajstić information content (AvgIpc) is 0.957. The van der Waals surface area contributed by atoms with Crippen LogP contribution < -0.4 is 10.5 Å². The minimum atomic E-state index is -1.89. The number of nitrogens with two attached hydrogens (primary N) is 1. The number of ether oxygens (including phenoxy) is 5. The van der Waals surface area contributed by atoms with Gasteiger partial charge >= 0.3 is 23.9 Å². The molecule has 2 saturated carbocycles. The van der Waals surface area contributed by atoms with Gasteiger partial charge in [0.25, 0.3) is 0 Å². The van der Waals surface area contributed by atoms with Crippen LogP contribution in [0.1, 0.15) is 143 Å². The highest BCUT2D eigenvalue weighted by Gasteiger charge is 2.73. The number of likely N-dealkylation sites (tertiary alicyclic amines) is 2. The number of aromatic hydroxyl groups is 3. The zero-order valence-electron chi connectivity index (χ0n) is 51.3. The third-order valence-corrected chi connectivity index (χ3v) is 19.8. The molecule has 3 aliphatic heterocycles. The molecule has 1 amide bonds. The lowest BCUT2D eigenvalue weighted by molar-refractivity contribution is -0.327. The summed E-state index contributed by atoms with van der Waals surface area (Å²) >= 11 is 0. The fourth-order valence-electron chi connectivity index (χ4n) is 14.6. The van der Waals surface area contributed by atoms with Crippen LogP contribution in [0.5, 0.6) is 23.3 Å². The number of carbonyl (C=O) groups excluding carboxylic acids is 5. The number of phenols is 2. The van der Waals surface area contributed by atoms with Crippen LogP contribution in [-0.4, -0.2) is 165 Å². The predicted octanol–water partition coefficient (Wildman–Crippen LogP) is 6.23. The van der Waals surface area contributed by atoms with Crippen LogP contribution in [0, 0.1) is 28.6 Å². The first kappa shape index (κ1) is 63.1. The van der Waals surface area contributed by atoms with E-state index in [0.717, 1.165) is 5.56 Å². The number of esters is 3. The van der Waals surface area contributed by atoms with Gasteiger partial charge in [-0.3, -0.25) is 24.1 Å². The Morgan fingerprint density at radius 1 is 0.862 bits per heavy atom. The highest BCUT2D eigenvalue weighted by molar-refractivity contribution is 5.93. The highest BCUT2D eigenvalue weighted by Crippen LogP contribution is 2.63. The van der Waals surface area contributed by atoms with Gasteiger partial charge in [0.15, 0.2) is 17.2 Å². The summed E-state index contributed by atoms with van der Waals surface area (Å²) in [5.41, 5.74) is 3.20. The Morgan fingerprint density at radius 3 is 2.14 bits per heavy atom. The summed E-state index contributed by atoms with van der Waals surface area (Å²) in [7, 11) is 0. The van der Waals surface area contributed by atoms with Crippen LogP contribution >= 0.6 is 0 Å². The van der Waals surface area contributed by atoms with Crippen LogP contribution in [0.3, 0.4) is 0 Å². The van der Waals surface area contributed by atoms with E-state index < -0.39 is 99.7 Å². The number of hydrogen-bond acceptors (Lipinski definition) is 20. The standard InChI is InChI=1S/C65H84N6O16/c1-34(2)42-27-43(45(74)28-44(42)73)56-67-68-60(81)71(56)40-17-15-37(16-18-40)32-69-23-19-38(20-24-69)57(78)70-25-21-39(22-26-70)58(79)85-54(52(66)41-13-11-12-14-46(41)87-61(5,6)7)59(80)84-47-30-64(82)31-48-63(10,55(77)53(76)51(35(47)3)62(64,8)9)49(75)29-50-65(48,33-83-50)86-36(4)72/h11-18,27-28,34,38-39,47-50,52-54,73-76,82H,19-26,29-33,66H2,1-10H3,(H,68,81)/t47-,48?,49-,50+,52-,53+,54+,63-,64+,65+/m0/s1. The molecule has 8 N–H and O–H groups in total. The van der Waals surface area contributed by atoms with E-state index in [0.29, 0.717) is 60.6 Å². The molecule has 0 radical (unpaired) electrons. The van der Waals surface area contributed by atoms with E-state index in [-0.39, 0.29) is 104 Å². The van der Waals surface area contributed by atoms with E-state index in [1.165, 1.54) is 24.5 Å². The number of aromatic nitrogens is 3. The number of rotatable bonds is 14. The van der Waals surface area contributed by atoms with Crippen molar-refractivity contribution in [1.82, 2.24) is 24.6 Å². The van der Waals surface area contributed by atoms with Crippen LogP contribution in [0.25, 0.3) is 17.1 Å². The van der Waals surface area contributed by atoms with Crippen molar-refractivity contribution in [2.24, 2.45) is 34.3 Å². The number of Topliss-reactive ketones (excluding diaryl/α,β-unsaturated/α-hetero) is 1. The fraction of sp³-hybridized carbons (Fsp3) is 0.585. The van der Waals surface area contributed by atoms with Crippen LogP contribution in [0.2, 0.25) is 0 Å². The molecule has 0 spiro atoms. The maximum absolute atomic E-state index is 15.0. The van der Waals surface area contributed by atoms with E-state index in [1.807, 2.05) is 58.9 Å². The second-order valence-electron chi connectivity index (χ2n) is 27.0. The number of carbonyl (C=O) groups is 5. The molecule has 470 valence electrons. The molecule has 2 bridgehead atoms. The molecule has 4 aromatic rings. The Balaban J connectivity index is 0.809. The van der Waals surface area contributed by atoms with Crippen molar-refractivity contribution < 1.29 is 78.3 Å². The van der Waals surface area contributed by atoms with E-state index in [4.69, 9.17) is 29.4 Å². The van der Waals surface area contributed by atoms with Gasteiger partial charge in [0.1, 0.15) is 41.2 Å². The number of phenolic OH excluding ortho intramolecular Hbond substituents is 2. The number of aliphatic hydroxyl groups is 3. The van der Waals surface area contributed by atoms with Crippen molar-refractivity contribution in [3.05, 3.63) is 88.5 Å². The molecule has 10 rings (SSSR count). The van der Waals surface area contributed by atoms with E-state index in [9.17, 15) is 49.8 Å². The minimum Gasteiger partial charge on any atom is -0.508 e. The van der Waals surface area contributed by atoms with Crippen LogP contribution in [0.4, 0.5) is 0 Å². The number of aliphatic hydroxyl groups excluding tert-OH is 2. The number of fused-ring (bicyclic) bond motifs is 5. The predicted molar refractivity (Wildman–Crippen MR) is 315 cm³/mol. The van der Waals surface area contributed by atoms with Crippen molar-refractivity contribution in [2.45, 2.75) is 180 Å². The largest absolute Gasteiger partial charge is 0.508 e. The molecule has 3 saturated heterocycles. The van der Waals surface area contributed by atoms with Crippen molar-refractivity contribution in [1.29, 1.82) is 0 Å². The van der Waals surface area contributed by atoms with Crippen LogP contribution in [-0.2, 0) is 49.5 Å². The zero-order chi connectivity index (χ0) is 63.0. The van der Waals surface area contributed by atoms with Gasteiger partial charge in [-0.25, -0.2) is 9.36 Å². The molecule has 10 atom stereocenters.